The van der Waals surface area contributed by atoms with E-state index in [1.165, 1.54) is 11.1 Å². The Balaban J connectivity index is 0.000000271. The van der Waals surface area contributed by atoms with Crippen molar-refractivity contribution < 1.29 is 10.2 Å². The summed E-state index contributed by atoms with van der Waals surface area (Å²) in [5.41, 5.74) is 2.95. The number of hydrogen-bond donors (Lipinski definition) is 2. The van der Waals surface area contributed by atoms with Crippen molar-refractivity contribution in [2.24, 2.45) is 5.41 Å². The van der Waals surface area contributed by atoms with Gasteiger partial charge in [0.1, 0.15) is 11.5 Å². The fourth-order valence-corrected chi connectivity index (χ4v) is 3.22. The number of phenolic OH excluding ortho intramolecular Hbond substituents is 2. The molecule has 0 heterocycles. The van der Waals surface area contributed by atoms with Crippen LogP contribution in [0.25, 0.3) is 0 Å². The first-order valence-electron chi connectivity index (χ1n) is 8.99. The molecule has 0 radical (unpaired) electrons. The fourth-order valence-electron chi connectivity index (χ4n) is 3.22. The first kappa shape index (κ1) is 21.1. The minimum atomic E-state index is 0.159. The normalized spacial score (nSPS) is 11.8. The highest BCUT2D eigenvalue weighted by atomic mass is 16.3. The Morgan fingerprint density at radius 1 is 0.800 bits per heavy atom. The van der Waals surface area contributed by atoms with E-state index in [2.05, 4.69) is 48.5 Å². The molecule has 2 rings (SSSR count). The van der Waals surface area contributed by atoms with Crippen LogP contribution in [0.4, 0.5) is 0 Å². The van der Waals surface area contributed by atoms with Gasteiger partial charge in [0.15, 0.2) is 0 Å². The Hall–Kier alpha value is -1.96. The van der Waals surface area contributed by atoms with E-state index in [1.807, 2.05) is 24.3 Å². The van der Waals surface area contributed by atoms with E-state index >= 15 is 0 Å². The van der Waals surface area contributed by atoms with Crippen LogP contribution in [0.15, 0.2) is 48.5 Å². The quantitative estimate of drug-likeness (QED) is 0.658. The summed E-state index contributed by atoms with van der Waals surface area (Å²) in [6.45, 7) is 15.5. The molecule has 0 unspecified atom stereocenters. The zero-order valence-corrected chi connectivity index (χ0v) is 16.8. The highest BCUT2D eigenvalue weighted by Crippen LogP contribution is 2.36. The topological polar surface area (TPSA) is 40.5 Å². The van der Waals surface area contributed by atoms with Crippen LogP contribution in [0.3, 0.4) is 0 Å². The average molecular weight is 343 g/mol. The summed E-state index contributed by atoms with van der Waals surface area (Å²) in [7, 11) is 0. The molecule has 0 aliphatic rings. The smallest absolute Gasteiger partial charge is 0.115 e. The van der Waals surface area contributed by atoms with Gasteiger partial charge >= 0.3 is 0 Å². The number of aromatic hydroxyl groups is 2. The minimum Gasteiger partial charge on any atom is -0.508 e. The van der Waals surface area contributed by atoms with Crippen LogP contribution < -0.4 is 0 Å². The van der Waals surface area contributed by atoms with Gasteiger partial charge in [0.2, 0.25) is 0 Å². The lowest BCUT2D eigenvalue weighted by Gasteiger charge is -2.33. The Bertz CT molecular complexity index is 647. The molecule has 0 amide bonds. The van der Waals surface area contributed by atoms with Crippen molar-refractivity contribution >= 4 is 0 Å². The maximum absolute atomic E-state index is 9.25. The van der Waals surface area contributed by atoms with Gasteiger partial charge in [0.25, 0.3) is 0 Å². The van der Waals surface area contributed by atoms with E-state index in [0.29, 0.717) is 22.8 Å². The fraction of sp³-hybridized carbons (Fsp3) is 0.478. The summed E-state index contributed by atoms with van der Waals surface area (Å²) in [5, 5.41) is 18.3. The molecule has 2 aromatic rings. The van der Waals surface area contributed by atoms with Crippen molar-refractivity contribution in [1.82, 2.24) is 0 Å². The van der Waals surface area contributed by atoms with Crippen molar-refractivity contribution in [3.8, 4) is 11.5 Å². The van der Waals surface area contributed by atoms with Crippen molar-refractivity contribution in [1.29, 1.82) is 0 Å². The minimum absolute atomic E-state index is 0.159. The maximum atomic E-state index is 9.25. The average Bonchev–Trinajstić information content (AvgIpc) is 2.46. The van der Waals surface area contributed by atoms with E-state index < -0.39 is 0 Å². The molecule has 138 valence electrons. The van der Waals surface area contributed by atoms with E-state index in [4.69, 9.17) is 5.11 Å². The van der Waals surface area contributed by atoms with Crippen molar-refractivity contribution in [2.75, 3.05) is 0 Å². The Morgan fingerprint density at radius 3 is 1.76 bits per heavy atom. The van der Waals surface area contributed by atoms with Crippen LogP contribution >= 0.6 is 0 Å². The van der Waals surface area contributed by atoms with Gasteiger partial charge in [-0.15, -0.1) is 0 Å². The highest BCUT2D eigenvalue weighted by Gasteiger charge is 2.26. The molecular formula is C23H34O2. The molecule has 0 saturated heterocycles. The second kappa shape index (κ2) is 8.42. The highest BCUT2D eigenvalue weighted by molar-refractivity contribution is 5.31. The summed E-state index contributed by atoms with van der Waals surface area (Å²) in [6.07, 6.45) is 1.13. The van der Waals surface area contributed by atoms with Gasteiger partial charge in [-0.3, -0.25) is 0 Å². The monoisotopic (exact) mass is 342 g/mol. The van der Waals surface area contributed by atoms with Gasteiger partial charge in [-0.1, -0.05) is 72.7 Å². The van der Waals surface area contributed by atoms with Crippen molar-refractivity contribution in [3.05, 3.63) is 59.7 Å². The second-order valence-corrected chi connectivity index (χ2v) is 8.92. The number of phenols is 2. The van der Waals surface area contributed by atoms with Gasteiger partial charge < -0.3 is 10.2 Å². The van der Waals surface area contributed by atoms with Gasteiger partial charge in [-0.25, -0.2) is 0 Å². The molecule has 0 aliphatic carbocycles. The van der Waals surface area contributed by atoms with Crippen LogP contribution in [0.1, 0.15) is 71.9 Å². The van der Waals surface area contributed by atoms with Crippen LogP contribution in [0, 0.1) is 5.41 Å². The van der Waals surface area contributed by atoms with Crippen LogP contribution in [-0.2, 0) is 5.41 Å². The summed E-state index contributed by atoms with van der Waals surface area (Å²) >= 11 is 0. The Kier molecular flexibility index (Phi) is 7.10. The molecular weight excluding hydrogens is 308 g/mol. The lowest BCUT2D eigenvalue weighted by molar-refractivity contribution is 0.284. The van der Waals surface area contributed by atoms with Gasteiger partial charge in [-0.05, 0) is 58.6 Å². The molecule has 0 bridgehead atoms. The van der Waals surface area contributed by atoms with E-state index in [1.54, 1.807) is 24.3 Å². The zero-order valence-electron chi connectivity index (χ0n) is 16.8. The zero-order chi connectivity index (χ0) is 19.3. The molecule has 2 aromatic carbocycles. The largest absolute Gasteiger partial charge is 0.508 e. The molecule has 2 heteroatoms. The van der Waals surface area contributed by atoms with E-state index in [-0.39, 0.29) is 5.41 Å². The molecule has 0 aliphatic heterocycles. The first-order valence-corrected chi connectivity index (χ1v) is 8.99. The van der Waals surface area contributed by atoms with Gasteiger partial charge in [-0.2, -0.15) is 0 Å². The number of hydrogen-bond acceptors (Lipinski definition) is 2. The van der Waals surface area contributed by atoms with Crippen LogP contribution in [0.5, 0.6) is 11.5 Å². The van der Waals surface area contributed by atoms with Crippen molar-refractivity contribution in [3.63, 3.8) is 0 Å². The third kappa shape index (κ3) is 7.64. The Labute approximate surface area is 153 Å². The summed E-state index contributed by atoms with van der Waals surface area (Å²) in [4.78, 5) is 0. The summed E-state index contributed by atoms with van der Waals surface area (Å²) < 4.78 is 0. The SMILES string of the molecule is CC(C)(C)CC(C)(C)c1ccc(O)cc1.CC(C)c1cccc(O)c1. The maximum Gasteiger partial charge on any atom is 0.115 e. The van der Waals surface area contributed by atoms with Crippen molar-refractivity contribution in [2.45, 2.75) is 66.2 Å². The third-order valence-electron chi connectivity index (χ3n) is 4.16. The van der Waals surface area contributed by atoms with E-state index in [9.17, 15) is 5.11 Å². The van der Waals surface area contributed by atoms with Gasteiger partial charge in [0.05, 0.1) is 0 Å². The molecule has 0 saturated carbocycles. The molecule has 25 heavy (non-hydrogen) atoms. The lowest BCUT2D eigenvalue weighted by Crippen LogP contribution is -2.24. The van der Waals surface area contributed by atoms with Gasteiger partial charge in [0, 0.05) is 0 Å². The molecule has 0 fully saturated rings. The second-order valence-electron chi connectivity index (χ2n) is 8.92. The number of rotatable bonds is 3. The summed E-state index contributed by atoms with van der Waals surface area (Å²) in [6, 6.07) is 14.9. The third-order valence-corrected chi connectivity index (χ3v) is 4.16. The lowest BCUT2D eigenvalue weighted by atomic mass is 9.72. The molecule has 2 nitrogen and oxygen atoms in total. The predicted molar refractivity (Wildman–Crippen MR) is 107 cm³/mol. The Morgan fingerprint density at radius 2 is 1.36 bits per heavy atom. The molecule has 2 N–H and O–H groups in total. The predicted octanol–water partition coefficient (Wildman–Crippen LogP) is 6.62. The van der Waals surface area contributed by atoms with E-state index in [0.717, 1.165) is 6.42 Å². The van der Waals surface area contributed by atoms with Crippen LogP contribution in [0.2, 0.25) is 0 Å². The first-order chi connectivity index (χ1) is 11.4. The summed E-state index contributed by atoms with van der Waals surface area (Å²) in [5.74, 6) is 1.18. The molecule has 0 atom stereocenters. The van der Waals surface area contributed by atoms with Crippen LogP contribution in [-0.4, -0.2) is 10.2 Å². The molecule has 0 spiro atoms. The molecule has 0 aromatic heterocycles. The number of benzene rings is 2. The standard InChI is InChI=1S/C14H22O.C9H12O/c1-13(2,3)10-14(4,5)11-6-8-12(15)9-7-11;1-7(2)8-4-3-5-9(10)6-8/h6-9,15H,10H2,1-5H3;3-7,10H,1-2H3.